The molecule has 2 aromatic carbocycles. The number of benzene rings is 2. The summed E-state index contributed by atoms with van der Waals surface area (Å²) < 4.78 is 55.3. The lowest BCUT2D eigenvalue weighted by molar-refractivity contribution is -0.0546. The summed E-state index contributed by atoms with van der Waals surface area (Å²) in [5, 5.41) is 9.97. The first-order valence-corrected chi connectivity index (χ1v) is 7.08. The van der Waals surface area contributed by atoms with Gasteiger partial charge >= 0.3 is 6.61 Å². The molecule has 9 heteroatoms. The number of aromatic nitrogens is 2. The first-order chi connectivity index (χ1) is 12.0. The maximum atomic E-state index is 13.7. The zero-order valence-corrected chi connectivity index (χ0v) is 12.5. The summed E-state index contributed by atoms with van der Waals surface area (Å²) in [6, 6.07) is 6.60. The van der Waals surface area contributed by atoms with E-state index in [4.69, 9.17) is 0 Å². The summed E-state index contributed by atoms with van der Waals surface area (Å²) in [6.07, 6.45) is 1.59. The first kappa shape index (κ1) is 16.7. The van der Waals surface area contributed by atoms with E-state index in [-0.39, 0.29) is 12.1 Å². The molecule has 1 heterocycles. The fraction of sp³-hybridized carbons (Fsp3) is 0.125. The lowest BCUT2D eigenvalue weighted by Gasteiger charge is -2.10. The second-order valence-corrected chi connectivity index (χ2v) is 5.08. The van der Waals surface area contributed by atoms with Crippen LogP contribution in [0.3, 0.4) is 0 Å². The Morgan fingerprint density at radius 3 is 2.64 bits per heavy atom. The van der Waals surface area contributed by atoms with Crippen LogP contribution in [0.1, 0.15) is 15.9 Å². The molecule has 2 N–H and O–H groups in total. The Kier molecular flexibility index (Phi) is 4.55. The van der Waals surface area contributed by atoms with Gasteiger partial charge in [-0.2, -0.15) is 13.9 Å². The number of hydrogen-bond donors (Lipinski definition) is 2. The molecular formula is C16H11F4N3O2. The number of rotatable bonds is 5. The predicted molar refractivity (Wildman–Crippen MR) is 80.3 cm³/mol. The van der Waals surface area contributed by atoms with Crippen molar-refractivity contribution in [3.63, 3.8) is 0 Å². The van der Waals surface area contributed by atoms with Crippen LogP contribution < -0.4 is 10.1 Å². The highest BCUT2D eigenvalue weighted by Crippen LogP contribution is 2.25. The van der Waals surface area contributed by atoms with Crippen molar-refractivity contribution in [3.8, 4) is 5.75 Å². The number of aromatic amines is 1. The van der Waals surface area contributed by atoms with Gasteiger partial charge in [-0.25, -0.2) is 8.78 Å². The van der Waals surface area contributed by atoms with Crippen LogP contribution in [-0.2, 0) is 6.54 Å². The standard InChI is InChI=1S/C16H11F4N3O2/c17-11-4-9(5-12(18)14(11)25-16(19)20)15(24)21-6-8-2-1-3-13-10(8)7-22-23-13/h1-5,7,16H,6H2,(H,21,24)(H,22,23). The van der Waals surface area contributed by atoms with E-state index in [0.29, 0.717) is 12.1 Å². The van der Waals surface area contributed by atoms with Crippen molar-refractivity contribution in [1.82, 2.24) is 15.5 Å². The number of nitrogens with zero attached hydrogens (tertiary/aromatic N) is 1. The molecule has 0 saturated carbocycles. The average molecular weight is 353 g/mol. The Hall–Kier alpha value is -3.10. The van der Waals surface area contributed by atoms with Crippen molar-refractivity contribution in [2.24, 2.45) is 0 Å². The van der Waals surface area contributed by atoms with Gasteiger partial charge in [-0.1, -0.05) is 12.1 Å². The Morgan fingerprint density at radius 2 is 1.96 bits per heavy atom. The van der Waals surface area contributed by atoms with E-state index < -0.39 is 29.9 Å². The van der Waals surface area contributed by atoms with Crippen molar-refractivity contribution < 1.29 is 27.1 Å². The number of hydrogen-bond acceptors (Lipinski definition) is 3. The van der Waals surface area contributed by atoms with E-state index in [2.05, 4.69) is 20.3 Å². The molecule has 0 fully saturated rings. The van der Waals surface area contributed by atoms with Crippen LogP contribution in [0.15, 0.2) is 36.5 Å². The molecule has 0 spiro atoms. The van der Waals surface area contributed by atoms with Gasteiger partial charge in [0.15, 0.2) is 17.4 Å². The third-order valence-corrected chi connectivity index (χ3v) is 3.48. The zero-order valence-electron chi connectivity index (χ0n) is 12.5. The van der Waals surface area contributed by atoms with E-state index in [0.717, 1.165) is 16.5 Å². The fourth-order valence-corrected chi connectivity index (χ4v) is 2.35. The molecule has 130 valence electrons. The fourth-order valence-electron chi connectivity index (χ4n) is 2.35. The second-order valence-electron chi connectivity index (χ2n) is 5.08. The molecule has 25 heavy (non-hydrogen) atoms. The van der Waals surface area contributed by atoms with Crippen molar-refractivity contribution in [2.75, 3.05) is 0 Å². The van der Waals surface area contributed by atoms with Crippen LogP contribution in [0.4, 0.5) is 17.6 Å². The first-order valence-electron chi connectivity index (χ1n) is 7.08. The van der Waals surface area contributed by atoms with Gasteiger partial charge < -0.3 is 10.1 Å². The molecule has 0 unspecified atom stereocenters. The Bertz CT molecular complexity index is 904. The van der Waals surface area contributed by atoms with E-state index in [1.54, 1.807) is 24.4 Å². The summed E-state index contributed by atoms with van der Waals surface area (Å²) in [6.45, 7) is -3.28. The largest absolute Gasteiger partial charge is 0.429 e. The molecule has 3 aromatic rings. The monoisotopic (exact) mass is 353 g/mol. The Morgan fingerprint density at radius 1 is 1.24 bits per heavy atom. The number of fused-ring (bicyclic) bond motifs is 1. The van der Waals surface area contributed by atoms with Crippen LogP contribution in [0.2, 0.25) is 0 Å². The number of halogens is 4. The van der Waals surface area contributed by atoms with Gasteiger partial charge in [-0.15, -0.1) is 0 Å². The number of nitrogens with one attached hydrogen (secondary N) is 2. The van der Waals surface area contributed by atoms with Gasteiger partial charge in [0.05, 0.1) is 11.7 Å². The van der Waals surface area contributed by atoms with Gasteiger partial charge in [0.1, 0.15) is 0 Å². The number of H-pyrrole nitrogens is 1. The van der Waals surface area contributed by atoms with Crippen LogP contribution in [0, 0.1) is 11.6 Å². The Balaban J connectivity index is 1.76. The van der Waals surface area contributed by atoms with Crippen LogP contribution >= 0.6 is 0 Å². The molecule has 0 bridgehead atoms. The second kappa shape index (κ2) is 6.80. The molecule has 5 nitrogen and oxygen atoms in total. The van der Waals surface area contributed by atoms with Gasteiger partial charge in [0.2, 0.25) is 0 Å². The normalized spacial score (nSPS) is 11.1. The van der Waals surface area contributed by atoms with Gasteiger partial charge in [-0.3, -0.25) is 9.89 Å². The predicted octanol–water partition coefficient (Wildman–Crippen LogP) is 3.37. The lowest BCUT2D eigenvalue weighted by atomic mass is 10.1. The van der Waals surface area contributed by atoms with Crippen LogP contribution in [-0.4, -0.2) is 22.7 Å². The minimum Gasteiger partial charge on any atom is -0.429 e. The third kappa shape index (κ3) is 3.54. The van der Waals surface area contributed by atoms with Crippen LogP contribution in [0.25, 0.3) is 10.9 Å². The molecule has 1 amide bonds. The number of amides is 1. The number of carbonyl (C=O) groups is 1. The highest BCUT2D eigenvalue weighted by molar-refractivity contribution is 5.94. The summed E-state index contributed by atoms with van der Waals surface area (Å²) in [5.74, 6) is -4.76. The lowest BCUT2D eigenvalue weighted by Crippen LogP contribution is -2.23. The maximum Gasteiger partial charge on any atom is 0.387 e. The maximum absolute atomic E-state index is 13.7. The minimum absolute atomic E-state index is 0.0915. The van der Waals surface area contributed by atoms with Gasteiger partial charge in [0, 0.05) is 17.5 Å². The van der Waals surface area contributed by atoms with Crippen molar-refractivity contribution in [1.29, 1.82) is 0 Å². The third-order valence-electron chi connectivity index (χ3n) is 3.48. The van der Waals surface area contributed by atoms with Crippen molar-refractivity contribution >= 4 is 16.8 Å². The van der Waals surface area contributed by atoms with Gasteiger partial charge in [0.25, 0.3) is 5.91 Å². The SMILES string of the molecule is O=C(NCc1cccc2[nH]ncc12)c1cc(F)c(OC(F)F)c(F)c1. The van der Waals surface area contributed by atoms with E-state index in [1.807, 2.05) is 0 Å². The van der Waals surface area contributed by atoms with Crippen molar-refractivity contribution in [3.05, 3.63) is 59.3 Å². The number of ether oxygens (including phenoxy) is 1. The Labute approximate surface area is 138 Å². The molecule has 0 aliphatic carbocycles. The molecule has 0 saturated heterocycles. The van der Waals surface area contributed by atoms with Crippen molar-refractivity contribution in [2.45, 2.75) is 13.2 Å². The minimum atomic E-state index is -3.38. The van der Waals surface area contributed by atoms with Crippen LogP contribution in [0.5, 0.6) is 5.75 Å². The quantitative estimate of drug-likeness (QED) is 0.691. The summed E-state index contributed by atoms with van der Waals surface area (Å²) in [5.41, 5.74) is 1.17. The molecule has 3 rings (SSSR count). The van der Waals surface area contributed by atoms with E-state index in [9.17, 15) is 22.4 Å². The smallest absolute Gasteiger partial charge is 0.387 e. The highest BCUT2D eigenvalue weighted by atomic mass is 19.3. The summed E-state index contributed by atoms with van der Waals surface area (Å²) in [4.78, 5) is 12.1. The molecule has 0 aliphatic rings. The summed E-state index contributed by atoms with van der Waals surface area (Å²) in [7, 11) is 0. The molecule has 0 aliphatic heterocycles. The number of alkyl halides is 2. The highest BCUT2D eigenvalue weighted by Gasteiger charge is 2.19. The topological polar surface area (TPSA) is 67.0 Å². The van der Waals surface area contributed by atoms with E-state index in [1.165, 1.54) is 0 Å². The average Bonchev–Trinajstić information content (AvgIpc) is 3.04. The molecule has 0 atom stereocenters. The molecular weight excluding hydrogens is 342 g/mol. The summed E-state index contributed by atoms with van der Waals surface area (Å²) >= 11 is 0. The van der Waals surface area contributed by atoms with Gasteiger partial charge in [-0.05, 0) is 23.8 Å². The molecule has 1 aromatic heterocycles. The number of carbonyl (C=O) groups excluding carboxylic acids is 1. The molecule has 0 radical (unpaired) electrons. The zero-order chi connectivity index (χ0) is 18.0. The van der Waals surface area contributed by atoms with E-state index >= 15 is 0 Å².